The molecule has 58 valence electrons. The topological polar surface area (TPSA) is 26.3 Å². The molecular weight excluding hydrogens is 215 g/mol. The third-order valence-corrected chi connectivity index (χ3v) is 1.42. The van der Waals surface area contributed by atoms with Crippen molar-refractivity contribution in [3.63, 3.8) is 0 Å². The van der Waals surface area contributed by atoms with Crippen LogP contribution in [0.4, 0.5) is 4.39 Å². The van der Waals surface area contributed by atoms with Crippen LogP contribution in [-0.2, 0) is 3.83 Å². The van der Waals surface area contributed by atoms with Crippen molar-refractivity contribution in [1.29, 1.82) is 0 Å². The molecule has 0 N–H and O–H groups in total. The second-order valence-electron chi connectivity index (χ2n) is 1.87. The first-order chi connectivity index (χ1) is 5.24. The maximum atomic E-state index is 12.4. The smallest absolute Gasteiger partial charge is 0.349 e. The van der Waals surface area contributed by atoms with Crippen molar-refractivity contribution < 1.29 is 13.0 Å². The van der Waals surface area contributed by atoms with E-state index in [1.165, 1.54) is 18.2 Å². The average Bonchev–Trinajstić information content (AvgIpc) is 2.03. The summed E-state index contributed by atoms with van der Waals surface area (Å²) in [5.41, 5.74) is 0.182. The summed E-state index contributed by atoms with van der Waals surface area (Å²) < 4.78 is 16.6. The summed E-state index contributed by atoms with van der Waals surface area (Å²) in [4.78, 5) is 10.7. The first-order valence-corrected chi connectivity index (χ1v) is 3.47. The van der Waals surface area contributed by atoms with E-state index < -0.39 is 11.8 Å². The highest BCUT2D eigenvalue weighted by atomic mass is 79.9. The van der Waals surface area contributed by atoms with Crippen molar-refractivity contribution in [3.05, 3.63) is 35.6 Å². The third kappa shape index (κ3) is 2.01. The number of benzene rings is 1. The minimum absolute atomic E-state index is 0.182. The van der Waals surface area contributed by atoms with E-state index in [2.05, 4.69) is 20.1 Å². The van der Waals surface area contributed by atoms with Gasteiger partial charge in [0.1, 0.15) is 5.82 Å². The van der Waals surface area contributed by atoms with Crippen LogP contribution in [0.2, 0.25) is 0 Å². The highest BCUT2D eigenvalue weighted by molar-refractivity contribution is 9.06. The molecule has 0 amide bonds. The standard InChI is InChI=1S/C7H4BrFO2/c8-11-7(10)5-2-1-3-6(9)4-5/h1-4H. The summed E-state index contributed by atoms with van der Waals surface area (Å²) in [5, 5.41) is 0. The maximum absolute atomic E-state index is 12.4. The van der Waals surface area contributed by atoms with Crippen LogP contribution in [0.3, 0.4) is 0 Å². The normalized spacial score (nSPS) is 9.27. The molecule has 0 saturated heterocycles. The van der Waals surface area contributed by atoms with Crippen LogP contribution in [0, 0.1) is 5.82 Å². The maximum Gasteiger partial charge on any atom is 0.349 e. The average molecular weight is 219 g/mol. The second kappa shape index (κ2) is 3.48. The minimum Gasteiger partial charge on any atom is -0.380 e. The molecule has 0 bridgehead atoms. The fraction of sp³-hybridized carbons (Fsp3) is 0. The van der Waals surface area contributed by atoms with Gasteiger partial charge in [-0.05, 0) is 18.2 Å². The number of halogens is 2. The van der Waals surface area contributed by atoms with Gasteiger partial charge in [0.05, 0.1) is 5.56 Å². The number of hydrogen-bond acceptors (Lipinski definition) is 2. The third-order valence-electron chi connectivity index (χ3n) is 1.13. The van der Waals surface area contributed by atoms with Gasteiger partial charge in [-0.3, -0.25) is 0 Å². The molecule has 11 heavy (non-hydrogen) atoms. The molecule has 0 heterocycles. The Bertz CT molecular complexity index is 275. The summed E-state index contributed by atoms with van der Waals surface area (Å²) in [7, 11) is 0. The molecule has 0 aliphatic heterocycles. The Kier molecular flexibility index (Phi) is 2.59. The van der Waals surface area contributed by atoms with E-state index in [0.29, 0.717) is 0 Å². The second-order valence-corrected chi connectivity index (χ2v) is 2.20. The van der Waals surface area contributed by atoms with Crippen molar-refractivity contribution in [2.75, 3.05) is 0 Å². The lowest BCUT2D eigenvalue weighted by molar-refractivity contribution is 0.0781. The van der Waals surface area contributed by atoms with Gasteiger partial charge in [0.25, 0.3) is 0 Å². The zero-order valence-corrected chi connectivity index (χ0v) is 6.97. The lowest BCUT2D eigenvalue weighted by Gasteiger charge is -1.94. The molecule has 0 spiro atoms. The highest BCUT2D eigenvalue weighted by Crippen LogP contribution is 2.06. The summed E-state index contributed by atoms with van der Waals surface area (Å²) in [6.45, 7) is 0. The van der Waals surface area contributed by atoms with Crippen molar-refractivity contribution in [1.82, 2.24) is 0 Å². The number of carbonyl (C=O) groups excluding carboxylic acids is 1. The zero-order chi connectivity index (χ0) is 8.27. The van der Waals surface area contributed by atoms with Gasteiger partial charge in [0.15, 0.2) is 16.3 Å². The Hall–Kier alpha value is -0.900. The SMILES string of the molecule is O=C(OBr)c1cccc(F)c1. The molecule has 0 aliphatic rings. The molecule has 1 rings (SSSR count). The molecule has 0 atom stereocenters. The fourth-order valence-corrected chi connectivity index (χ4v) is 0.847. The van der Waals surface area contributed by atoms with Crippen LogP contribution in [-0.4, -0.2) is 5.97 Å². The molecule has 0 saturated carbocycles. The summed E-state index contributed by atoms with van der Waals surface area (Å²) >= 11 is 2.50. The van der Waals surface area contributed by atoms with Crippen LogP contribution in [0.25, 0.3) is 0 Å². The van der Waals surface area contributed by atoms with Crippen LogP contribution < -0.4 is 0 Å². The van der Waals surface area contributed by atoms with Crippen molar-refractivity contribution >= 4 is 22.2 Å². The molecule has 1 aromatic rings. The molecule has 0 radical (unpaired) electrons. The van der Waals surface area contributed by atoms with E-state index in [4.69, 9.17) is 0 Å². The first kappa shape index (κ1) is 8.20. The first-order valence-electron chi connectivity index (χ1n) is 2.82. The van der Waals surface area contributed by atoms with Crippen molar-refractivity contribution in [3.8, 4) is 0 Å². The van der Waals surface area contributed by atoms with Crippen LogP contribution in [0.1, 0.15) is 10.4 Å². The van der Waals surface area contributed by atoms with Gasteiger partial charge in [-0.15, -0.1) is 0 Å². The van der Waals surface area contributed by atoms with E-state index in [1.54, 1.807) is 0 Å². The van der Waals surface area contributed by atoms with E-state index in [9.17, 15) is 9.18 Å². The monoisotopic (exact) mass is 218 g/mol. The molecule has 0 aromatic heterocycles. The highest BCUT2D eigenvalue weighted by Gasteiger charge is 2.05. The Morgan fingerprint density at radius 3 is 2.82 bits per heavy atom. The Morgan fingerprint density at radius 2 is 2.27 bits per heavy atom. The van der Waals surface area contributed by atoms with Gasteiger partial charge in [-0.2, -0.15) is 0 Å². The van der Waals surface area contributed by atoms with E-state index in [0.717, 1.165) is 6.07 Å². The van der Waals surface area contributed by atoms with Gasteiger partial charge in [0.2, 0.25) is 0 Å². The summed E-state index contributed by atoms with van der Waals surface area (Å²) in [6.07, 6.45) is 0. The van der Waals surface area contributed by atoms with Crippen LogP contribution in [0.5, 0.6) is 0 Å². The van der Waals surface area contributed by atoms with Crippen LogP contribution >= 0.6 is 16.3 Å². The molecular formula is C7H4BrFO2. The minimum atomic E-state index is -0.607. The summed E-state index contributed by atoms with van der Waals surface area (Å²) in [5.74, 6) is -1.06. The Morgan fingerprint density at radius 1 is 1.55 bits per heavy atom. The zero-order valence-electron chi connectivity index (χ0n) is 5.38. The Labute approximate surface area is 71.4 Å². The van der Waals surface area contributed by atoms with Gasteiger partial charge in [-0.25, -0.2) is 9.18 Å². The van der Waals surface area contributed by atoms with Gasteiger partial charge in [0, 0.05) is 0 Å². The molecule has 0 unspecified atom stereocenters. The molecule has 2 nitrogen and oxygen atoms in total. The predicted molar refractivity (Wildman–Crippen MR) is 40.7 cm³/mol. The van der Waals surface area contributed by atoms with Crippen molar-refractivity contribution in [2.24, 2.45) is 0 Å². The quantitative estimate of drug-likeness (QED) is 0.724. The molecule has 4 heteroatoms. The molecule has 1 aromatic carbocycles. The molecule has 0 aliphatic carbocycles. The lowest BCUT2D eigenvalue weighted by atomic mass is 10.2. The summed E-state index contributed by atoms with van der Waals surface area (Å²) in [6, 6.07) is 5.26. The number of carbonyl (C=O) groups is 1. The van der Waals surface area contributed by atoms with Crippen LogP contribution in [0.15, 0.2) is 24.3 Å². The van der Waals surface area contributed by atoms with Gasteiger partial charge in [-0.1, -0.05) is 6.07 Å². The Balaban J connectivity index is 2.96. The van der Waals surface area contributed by atoms with Gasteiger partial charge >= 0.3 is 5.97 Å². The van der Waals surface area contributed by atoms with E-state index in [-0.39, 0.29) is 5.56 Å². The van der Waals surface area contributed by atoms with E-state index in [1.807, 2.05) is 0 Å². The predicted octanol–water partition coefficient (Wildman–Crippen LogP) is 2.29. The number of hydrogen-bond donors (Lipinski definition) is 0. The molecule has 0 fully saturated rings. The largest absolute Gasteiger partial charge is 0.380 e. The lowest BCUT2D eigenvalue weighted by Crippen LogP contribution is -1.97. The van der Waals surface area contributed by atoms with E-state index >= 15 is 0 Å². The number of rotatable bonds is 1. The van der Waals surface area contributed by atoms with Crippen molar-refractivity contribution in [2.45, 2.75) is 0 Å². The van der Waals surface area contributed by atoms with Gasteiger partial charge < -0.3 is 3.83 Å². The fourth-order valence-electron chi connectivity index (χ4n) is 0.660.